The summed E-state index contributed by atoms with van der Waals surface area (Å²) in [6.45, 7) is 6.42. The van der Waals surface area contributed by atoms with Gasteiger partial charge in [-0.3, -0.25) is 4.79 Å². The fourth-order valence-corrected chi connectivity index (χ4v) is 2.36. The van der Waals surface area contributed by atoms with E-state index in [1.54, 1.807) is 18.3 Å². The maximum atomic E-state index is 11.7. The molecule has 2 aromatic rings. The summed E-state index contributed by atoms with van der Waals surface area (Å²) >= 11 is 3.35. The molecule has 0 aliphatic rings. The quantitative estimate of drug-likeness (QED) is 0.613. The van der Waals surface area contributed by atoms with E-state index in [0.29, 0.717) is 5.75 Å². The van der Waals surface area contributed by atoms with Gasteiger partial charge in [0.15, 0.2) is 6.61 Å². The van der Waals surface area contributed by atoms with Gasteiger partial charge in [-0.05, 0) is 34.7 Å². The third-order valence-electron chi connectivity index (χ3n) is 3.35. The average molecular weight is 389 g/mol. The third kappa shape index (κ3) is 5.81. The molecule has 0 unspecified atom stereocenters. The van der Waals surface area contributed by atoms with Crippen LogP contribution < -0.4 is 10.2 Å². The summed E-state index contributed by atoms with van der Waals surface area (Å²) in [7, 11) is 0. The van der Waals surface area contributed by atoms with E-state index in [-0.39, 0.29) is 17.9 Å². The number of nitrogens with zero attached hydrogens (tertiary/aromatic N) is 1. The van der Waals surface area contributed by atoms with Gasteiger partial charge in [-0.15, -0.1) is 0 Å². The van der Waals surface area contributed by atoms with E-state index in [1.165, 1.54) is 5.56 Å². The lowest BCUT2D eigenvalue weighted by Gasteiger charge is -2.18. The summed E-state index contributed by atoms with van der Waals surface area (Å²) in [6.07, 6.45) is 1.61. The van der Waals surface area contributed by atoms with Crippen LogP contribution in [0.25, 0.3) is 0 Å². The minimum Gasteiger partial charge on any atom is -0.484 e. The van der Waals surface area contributed by atoms with Gasteiger partial charge in [0, 0.05) is 4.47 Å². The predicted molar refractivity (Wildman–Crippen MR) is 101 cm³/mol. The van der Waals surface area contributed by atoms with Crippen LogP contribution in [0.3, 0.4) is 0 Å². The van der Waals surface area contributed by atoms with Gasteiger partial charge in [-0.25, -0.2) is 5.43 Å². The normalized spacial score (nSPS) is 11.5. The molecule has 0 heterocycles. The highest BCUT2D eigenvalue weighted by Crippen LogP contribution is 2.21. The number of hydrogen-bond donors (Lipinski definition) is 1. The lowest BCUT2D eigenvalue weighted by molar-refractivity contribution is -0.123. The molecule has 24 heavy (non-hydrogen) atoms. The molecule has 126 valence electrons. The highest BCUT2D eigenvalue weighted by Gasteiger charge is 2.12. The largest absolute Gasteiger partial charge is 0.484 e. The number of amides is 1. The Hall–Kier alpha value is -2.14. The Morgan fingerprint density at radius 1 is 1.21 bits per heavy atom. The molecule has 0 aliphatic heterocycles. The number of halogens is 1. The van der Waals surface area contributed by atoms with Crippen molar-refractivity contribution < 1.29 is 9.53 Å². The smallest absolute Gasteiger partial charge is 0.277 e. The lowest BCUT2D eigenvalue weighted by Crippen LogP contribution is -2.24. The first kappa shape index (κ1) is 18.2. The number of hydrazone groups is 1. The first-order valence-corrected chi connectivity index (χ1v) is 8.45. The van der Waals surface area contributed by atoms with Crippen molar-refractivity contribution in [3.05, 3.63) is 64.1 Å². The zero-order valence-electron chi connectivity index (χ0n) is 14.0. The van der Waals surface area contributed by atoms with Gasteiger partial charge in [0.25, 0.3) is 5.91 Å². The molecule has 0 spiro atoms. The molecule has 0 atom stereocenters. The van der Waals surface area contributed by atoms with Crippen molar-refractivity contribution in [2.24, 2.45) is 5.10 Å². The molecule has 0 radical (unpaired) electrons. The molecule has 2 aromatic carbocycles. The standard InChI is InChI=1S/C19H21BrN2O2/c1-19(2,3)15-9-7-14(8-10-15)12-21-22-18(23)13-24-17-6-4-5-16(20)11-17/h4-12H,13H2,1-3H3,(H,22,23)/b21-12-. The molecule has 0 saturated carbocycles. The van der Waals surface area contributed by atoms with Crippen molar-refractivity contribution >= 4 is 28.1 Å². The van der Waals surface area contributed by atoms with E-state index in [9.17, 15) is 4.79 Å². The van der Waals surface area contributed by atoms with Crippen LogP contribution in [0.2, 0.25) is 0 Å². The Bertz CT molecular complexity index is 719. The van der Waals surface area contributed by atoms with E-state index >= 15 is 0 Å². The molecule has 2 rings (SSSR count). The third-order valence-corrected chi connectivity index (χ3v) is 3.84. The maximum Gasteiger partial charge on any atom is 0.277 e. The van der Waals surface area contributed by atoms with E-state index in [4.69, 9.17) is 4.74 Å². The second kappa shape index (κ2) is 8.11. The summed E-state index contributed by atoms with van der Waals surface area (Å²) in [6, 6.07) is 15.4. The second-order valence-electron chi connectivity index (χ2n) is 6.41. The Morgan fingerprint density at radius 3 is 2.54 bits per heavy atom. The summed E-state index contributed by atoms with van der Waals surface area (Å²) < 4.78 is 6.29. The highest BCUT2D eigenvalue weighted by atomic mass is 79.9. The Morgan fingerprint density at radius 2 is 1.92 bits per heavy atom. The number of benzene rings is 2. The van der Waals surface area contributed by atoms with Crippen molar-refractivity contribution in [3.8, 4) is 5.75 Å². The minimum absolute atomic E-state index is 0.0866. The first-order chi connectivity index (χ1) is 11.3. The molecule has 0 bridgehead atoms. The minimum atomic E-state index is -0.308. The van der Waals surface area contributed by atoms with Crippen molar-refractivity contribution in [1.29, 1.82) is 0 Å². The molecular weight excluding hydrogens is 368 g/mol. The maximum absolute atomic E-state index is 11.7. The predicted octanol–water partition coefficient (Wildman–Crippen LogP) is 4.28. The van der Waals surface area contributed by atoms with Crippen LogP contribution in [0, 0.1) is 0 Å². The van der Waals surface area contributed by atoms with Gasteiger partial charge >= 0.3 is 0 Å². The fraction of sp³-hybridized carbons (Fsp3) is 0.263. The fourth-order valence-electron chi connectivity index (χ4n) is 1.99. The van der Waals surface area contributed by atoms with Gasteiger partial charge in [0.05, 0.1) is 6.21 Å². The number of carbonyl (C=O) groups is 1. The van der Waals surface area contributed by atoms with Gasteiger partial charge in [0.1, 0.15) is 5.75 Å². The average Bonchev–Trinajstić information content (AvgIpc) is 2.53. The Labute approximate surface area is 151 Å². The van der Waals surface area contributed by atoms with Crippen molar-refractivity contribution in [2.75, 3.05) is 6.61 Å². The van der Waals surface area contributed by atoms with Crippen LogP contribution in [-0.2, 0) is 10.2 Å². The van der Waals surface area contributed by atoms with Gasteiger partial charge in [-0.2, -0.15) is 5.10 Å². The number of carbonyl (C=O) groups excluding carboxylic acids is 1. The van der Waals surface area contributed by atoms with E-state index in [0.717, 1.165) is 10.0 Å². The number of nitrogens with one attached hydrogen (secondary N) is 1. The van der Waals surface area contributed by atoms with Gasteiger partial charge in [0.2, 0.25) is 0 Å². The van der Waals surface area contributed by atoms with Crippen molar-refractivity contribution in [3.63, 3.8) is 0 Å². The zero-order valence-corrected chi connectivity index (χ0v) is 15.6. The molecule has 1 amide bonds. The first-order valence-electron chi connectivity index (χ1n) is 7.65. The summed E-state index contributed by atoms with van der Waals surface area (Å²) in [5, 5.41) is 3.95. The molecular formula is C19H21BrN2O2. The van der Waals surface area contributed by atoms with Crippen LogP contribution in [0.4, 0.5) is 0 Å². The second-order valence-corrected chi connectivity index (χ2v) is 7.33. The van der Waals surface area contributed by atoms with Crippen molar-refractivity contribution in [1.82, 2.24) is 5.43 Å². The molecule has 0 saturated heterocycles. The van der Waals surface area contributed by atoms with Crippen LogP contribution in [-0.4, -0.2) is 18.7 Å². The monoisotopic (exact) mass is 388 g/mol. The van der Waals surface area contributed by atoms with Gasteiger partial charge in [-0.1, -0.05) is 67.0 Å². The Balaban J connectivity index is 1.81. The van der Waals surface area contributed by atoms with Crippen LogP contribution in [0.15, 0.2) is 58.1 Å². The highest BCUT2D eigenvalue weighted by molar-refractivity contribution is 9.10. The molecule has 5 heteroatoms. The molecule has 4 nitrogen and oxygen atoms in total. The van der Waals surface area contributed by atoms with Crippen LogP contribution >= 0.6 is 15.9 Å². The van der Waals surface area contributed by atoms with E-state index in [2.05, 4.69) is 59.4 Å². The summed E-state index contributed by atoms with van der Waals surface area (Å²) in [4.78, 5) is 11.7. The van der Waals surface area contributed by atoms with Crippen LogP contribution in [0.1, 0.15) is 31.9 Å². The zero-order chi connectivity index (χ0) is 17.6. The SMILES string of the molecule is CC(C)(C)c1ccc(/C=N\NC(=O)COc2cccc(Br)c2)cc1. The Kier molecular flexibility index (Phi) is 6.15. The number of ether oxygens (including phenoxy) is 1. The number of hydrogen-bond acceptors (Lipinski definition) is 3. The van der Waals surface area contributed by atoms with Gasteiger partial charge < -0.3 is 4.74 Å². The topological polar surface area (TPSA) is 50.7 Å². The molecule has 0 fully saturated rings. The number of rotatable bonds is 5. The van der Waals surface area contributed by atoms with Crippen molar-refractivity contribution in [2.45, 2.75) is 26.2 Å². The lowest BCUT2D eigenvalue weighted by atomic mass is 9.87. The molecule has 0 aliphatic carbocycles. The summed E-state index contributed by atoms with van der Waals surface area (Å²) in [5.74, 6) is 0.318. The molecule has 1 N–H and O–H groups in total. The molecule has 0 aromatic heterocycles. The van der Waals surface area contributed by atoms with E-state index < -0.39 is 0 Å². The van der Waals surface area contributed by atoms with Crippen LogP contribution in [0.5, 0.6) is 5.75 Å². The van der Waals surface area contributed by atoms with E-state index in [1.807, 2.05) is 24.3 Å². The summed E-state index contributed by atoms with van der Waals surface area (Å²) in [5.41, 5.74) is 4.76.